The largest absolute Gasteiger partial charge is 0.338 e. The Kier molecular flexibility index (Phi) is 3.54. The van der Waals surface area contributed by atoms with Crippen LogP contribution in [0.25, 0.3) is 16.8 Å². The van der Waals surface area contributed by atoms with Gasteiger partial charge in [-0.25, -0.2) is 9.37 Å². The molecule has 1 N–H and O–H groups in total. The predicted molar refractivity (Wildman–Crippen MR) is 79.5 cm³/mol. The van der Waals surface area contributed by atoms with Gasteiger partial charge < -0.3 is 5.32 Å². The van der Waals surface area contributed by atoms with Gasteiger partial charge in [0.15, 0.2) is 0 Å². The second kappa shape index (κ2) is 5.66. The number of imidazole rings is 1. The van der Waals surface area contributed by atoms with Gasteiger partial charge in [0.2, 0.25) is 5.82 Å². The number of halogens is 1. The summed E-state index contributed by atoms with van der Waals surface area (Å²) in [6.45, 7) is 0.105. The van der Waals surface area contributed by atoms with Crippen molar-refractivity contribution in [1.82, 2.24) is 19.7 Å². The first-order chi connectivity index (χ1) is 10.7. The van der Waals surface area contributed by atoms with Crippen LogP contribution in [0.3, 0.4) is 0 Å². The van der Waals surface area contributed by atoms with E-state index in [0.29, 0.717) is 16.8 Å². The number of nitrogens with one attached hydrogen (secondary N) is 1. The monoisotopic (exact) mass is 294 g/mol. The highest BCUT2D eigenvalue weighted by Gasteiger charge is 2.18. The summed E-state index contributed by atoms with van der Waals surface area (Å²) in [5.74, 6) is 1.73. The van der Waals surface area contributed by atoms with E-state index in [4.69, 9.17) is 6.42 Å². The number of hydrogen-bond acceptors (Lipinski definition) is 3. The third kappa shape index (κ3) is 2.40. The van der Waals surface area contributed by atoms with Gasteiger partial charge in [-0.05, 0) is 12.1 Å². The number of hydrogen-bond donors (Lipinski definition) is 1. The number of fused-ring (bicyclic) bond motifs is 1. The number of amides is 1. The summed E-state index contributed by atoms with van der Waals surface area (Å²) >= 11 is 0. The van der Waals surface area contributed by atoms with Crippen LogP contribution in [-0.4, -0.2) is 26.8 Å². The summed E-state index contributed by atoms with van der Waals surface area (Å²) in [6, 6.07) is 6.02. The number of terminal acetylenes is 1. The minimum atomic E-state index is -0.401. The standard InChI is InChI=1S/C16H11FN4O/c1-2-6-19-16(22)15-20-14(11-4-3-5-12(17)9-11)13-10-18-7-8-21(13)15/h1,3-5,7-10H,6H2,(H,19,22). The van der Waals surface area contributed by atoms with E-state index < -0.39 is 5.91 Å². The van der Waals surface area contributed by atoms with Gasteiger partial charge in [-0.3, -0.25) is 14.2 Å². The highest BCUT2D eigenvalue weighted by atomic mass is 19.1. The fraction of sp³-hybridized carbons (Fsp3) is 0.0625. The van der Waals surface area contributed by atoms with E-state index in [9.17, 15) is 9.18 Å². The third-order valence-corrected chi connectivity index (χ3v) is 3.10. The van der Waals surface area contributed by atoms with E-state index in [-0.39, 0.29) is 18.2 Å². The molecule has 22 heavy (non-hydrogen) atoms. The summed E-state index contributed by atoms with van der Waals surface area (Å²) in [4.78, 5) is 20.5. The molecule has 0 aliphatic carbocycles. The van der Waals surface area contributed by atoms with Crippen molar-refractivity contribution in [2.24, 2.45) is 0 Å². The highest BCUT2D eigenvalue weighted by Crippen LogP contribution is 2.24. The normalized spacial score (nSPS) is 10.4. The van der Waals surface area contributed by atoms with Gasteiger partial charge in [0, 0.05) is 18.0 Å². The smallest absolute Gasteiger partial charge is 0.288 e. The molecule has 0 unspecified atom stereocenters. The Labute approximate surface area is 125 Å². The first kappa shape index (κ1) is 13.8. The van der Waals surface area contributed by atoms with E-state index in [1.54, 1.807) is 35.1 Å². The molecule has 2 aromatic heterocycles. The number of carbonyl (C=O) groups excluding carboxylic acids is 1. The molecule has 0 aliphatic rings. The van der Waals surface area contributed by atoms with Crippen LogP contribution in [0.5, 0.6) is 0 Å². The fourth-order valence-electron chi connectivity index (χ4n) is 2.16. The third-order valence-electron chi connectivity index (χ3n) is 3.10. The molecule has 0 radical (unpaired) electrons. The average molecular weight is 294 g/mol. The minimum absolute atomic E-state index is 0.105. The molecule has 0 aliphatic heterocycles. The van der Waals surface area contributed by atoms with Crippen molar-refractivity contribution in [1.29, 1.82) is 0 Å². The lowest BCUT2D eigenvalue weighted by Gasteiger charge is -2.00. The highest BCUT2D eigenvalue weighted by molar-refractivity contribution is 5.94. The summed E-state index contributed by atoms with van der Waals surface area (Å²) < 4.78 is 15.0. The van der Waals surface area contributed by atoms with Crippen molar-refractivity contribution >= 4 is 11.4 Å². The van der Waals surface area contributed by atoms with Crippen LogP contribution in [0.4, 0.5) is 4.39 Å². The summed E-state index contributed by atoms with van der Waals surface area (Å²) in [5, 5.41) is 2.56. The molecule has 1 amide bonds. The molecule has 0 fully saturated rings. The second-order valence-corrected chi connectivity index (χ2v) is 4.51. The maximum Gasteiger partial charge on any atom is 0.288 e. The Morgan fingerprint density at radius 2 is 2.32 bits per heavy atom. The zero-order valence-electron chi connectivity index (χ0n) is 11.5. The Morgan fingerprint density at radius 3 is 3.09 bits per heavy atom. The van der Waals surface area contributed by atoms with Crippen LogP contribution in [0.1, 0.15) is 10.6 Å². The molecular weight excluding hydrogens is 283 g/mol. The topological polar surface area (TPSA) is 59.3 Å². The minimum Gasteiger partial charge on any atom is -0.338 e. The van der Waals surface area contributed by atoms with Gasteiger partial charge in [0.1, 0.15) is 5.82 Å². The number of nitrogens with zero attached hydrogens (tertiary/aromatic N) is 3. The lowest BCUT2D eigenvalue weighted by Crippen LogP contribution is -2.25. The number of carbonyl (C=O) groups is 1. The van der Waals surface area contributed by atoms with Gasteiger partial charge in [-0.1, -0.05) is 18.1 Å². The Morgan fingerprint density at radius 1 is 1.45 bits per heavy atom. The van der Waals surface area contributed by atoms with Crippen molar-refractivity contribution < 1.29 is 9.18 Å². The summed E-state index contributed by atoms with van der Waals surface area (Å²) in [5.41, 5.74) is 1.67. The Hall–Kier alpha value is -3.20. The van der Waals surface area contributed by atoms with Gasteiger partial charge in [0.25, 0.3) is 5.91 Å². The molecule has 0 atom stereocenters. The lowest BCUT2D eigenvalue weighted by atomic mass is 10.1. The quantitative estimate of drug-likeness (QED) is 0.751. The molecule has 6 heteroatoms. The van der Waals surface area contributed by atoms with Crippen LogP contribution in [-0.2, 0) is 0 Å². The van der Waals surface area contributed by atoms with E-state index in [2.05, 4.69) is 21.2 Å². The predicted octanol–water partition coefficient (Wildman–Crippen LogP) is 1.90. The van der Waals surface area contributed by atoms with Crippen LogP contribution in [0.2, 0.25) is 0 Å². The van der Waals surface area contributed by atoms with Gasteiger partial charge in [-0.2, -0.15) is 0 Å². The molecule has 0 saturated heterocycles. The van der Waals surface area contributed by atoms with Crippen LogP contribution in [0.15, 0.2) is 42.9 Å². The zero-order valence-corrected chi connectivity index (χ0v) is 11.5. The molecule has 0 spiro atoms. The Bertz CT molecular complexity index is 895. The van der Waals surface area contributed by atoms with Crippen LogP contribution >= 0.6 is 0 Å². The summed E-state index contributed by atoms with van der Waals surface area (Å²) in [7, 11) is 0. The van der Waals surface area contributed by atoms with Crippen LogP contribution < -0.4 is 5.32 Å². The van der Waals surface area contributed by atoms with Crippen molar-refractivity contribution in [2.45, 2.75) is 0 Å². The maximum absolute atomic E-state index is 13.4. The first-order valence-corrected chi connectivity index (χ1v) is 6.50. The van der Waals surface area contributed by atoms with E-state index in [0.717, 1.165) is 0 Å². The molecule has 3 aromatic rings. The van der Waals surface area contributed by atoms with E-state index >= 15 is 0 Å². The number of rotatable bonds is 3. The van der Waals surface area contributed by atoms with Crippen LogP contribution in [0, 0.1) is 18.2 Å². The zero-order chi connectivity index (χ0) is 15.5. The summed E-state index contributed by atoms with van der Waals surface area (Å²) in [6.07, 6.45) is 9.88. The molecule has 0 bridgehead atoms. The second-order valence-electron chi connectivity index (χ2n) is 4.51. The molecule has 3 rings (SSSR count). The SMILES string of the molecule is C#CCNC(=O)c1nc(-c2cccc(F)c2)c2cnccn12. The maximum atomic E-state index is 13.4. The van der Waals surface area contributed by atoms with Crippen molar-refractivity contribution in [3.8, 4) is 23.6 Å². The molecule has 1 aromatic carbocycles. The lowest BCUT2D eigenvalue weighted by molar-refractivity contribution is 0.0948. The van der Waals surface area contributed by atoms with E-state index in [1.807, 2.05) is 0 Å². The van der Waals surface area contributed by atoms with E-state index in [1.165, 1.54) is 12.1 Å². The van der Waals surface area contributed by atoms with Crippen molar-refractivity contribution in [3.05, 3.63) is 54.5 Å². The molecule has 2 heterocycles. The van der Waals surface area contributed by atoms with Gasteiger partial charge >= 0.3 is 0 Å². The fourth-order valence-corrected chi connectivity index (χ4v) is 2.16. The molecule has 5 nitrogen and oxygen atoms in total. The van der Waals surface area contributed by atoms with Crippen molar-refractivity contribution in [3.63, 3.8) is 0 Å². The Balaban J connectivity index is 2.16. The number of benzene rings is 1. The van der Waals surface area contributed by atoms with Gasteiger partial charge in [-0.15, -0.1) is 6.42 Å². The first-order valence-electron chi connectivity index (χ1n) is 6.50. The molecule has 0 saturated carbocycles. The van der Waals surface area contributed by atoms with Crippen molar-refractivity contribution in [2.75, 3.05) is 6.54 Å². The molecular formula is C16H11FN4O. The molecule has 108 valence electrons. The average Bonchev–Trinajstić information content (AvgIpc) is 2.92. The van der Waals surface area contributed by atoms with Gasteiger partial charge in [0.05, 0.1) is 24.0 Å². The number of aromatic nitrogens is 3.